The highest BCUT2D eigenvalue weighted by Crippen LogP contribution is 2.22. The first-order chi connectivity index (χ1) is 14.7. The summed E-state index contributed by atoms with van der Waals surface area (Å²) in [7, 11) is 0. The van der Waals surface area contributed by atoms with Gasteiger partial charge in [0.05, 0.1) is 6.54 Å². The van der Waals surface area contributed by atoms with Crippen LogP contribution >= 0.6 is 0 Å². The normalized spacial score (nSPS) is 14.8. The first-order valence-electron chi connectivity index (χ1n) is 10.5. The molecule has 1 aromatic heterocycles. The molecule has 3 aromatic rings. The van der Waals surface area contributed by atoms with Crippen molar-refractivity contribution < 1.29 is 9.18 Å². The molecule has 0 radical (unpaired) electrons. The molecular weight excluding hydrogens is 381 g/mol. The maximum Gasteiger partial charge on any atom is 0.222 e. The van der Waals surface area contributed by atoms with Gasteiger partial charge >= 0.3 is 0 Å². The van der Waals surface area contributed by atoms with Crippen LogP contribution in [0.1, 0.15) is 31.2 Å². The molecule has 0 aliphatic carbocycles. The number of hydrogen-bond acceptors (Lipinski definition) is 4. The van der Waals surface area contributed by atoms with Gasteiger partial charge in [0.15, 0.2) is 0 Å². The van der Waals surface area contributed by atoms with Gasteiger partial charge in [-0.1, -0.05) is 42.5 Å². The summed E-state index contributed by atoms with van der Waals surface area (Å²) >= 11 is 0. The van der Waals surface area contributed by atoms with Gasteiger partial charge in [0, 0.05) is 25.1 Å². The number of carbonyl (C=O) groups excluding carboxylic acids is 1. The molecule has 2 aromatic carbocycles. The minimum absolute atomic E-state index is 0.183. The van der Waals surface area contributed by atoms with Gasteiger partial charge in [0.25, 0.3) is 0 Å². The molecule has 0 spiro atoms. The van der Waals surface area contributed by atoms with Crippen LogP contribution in [0.5, 0.6) is 0 Å². The maximum atomic E-state index is 13.4. The number of tetrazole rings is 1. The molecule has 0 unspecified atom stereocenters. The Hall–Kier alpha value is -3.09. The van der Waals surface area contributed by atoms with Crippen LogP contribution in [-0.4, -0.2) is 44.1 Å². The van der Waals surface area contributed by atoms with E-state index in [-0.39, 0.29) is 11.7 Å². The van der Waals surface area contributed by atoms with Gasteiger partial charge in [-0.2, -0.15) is 4.80 Å². The van der Waals surface area contributed by atoms with Crippen molar-refractivity contribution in [3.05, 3.63) is 66.0 Å². The summed E-state index contributed by atoms with van der Waals surface area (Å²) < 4.78 is 13.4. The Labute approximate surface area is 175 Å². The van der Waals surface area contributed by atoms with E-state index in [1.54, 1.807) is 16.9 Å². The molecule has 1 aliphatic rings. The molecule has 0 bridgehead atoms. The fourth-order valence-electron chi connectivity index (χ4n) is 3.95. The molecule has 0 atom stereocenters. The first-order valence-corrected chi connectivity index (χ1v) is 10.5. The summed E-state index contributed by atoms with van der Waals surface area (Å²) in [5.74, 6) is 1.11. The molecule has 4 rings (SSSR count). The van der Waals surface area contributed by atoms with Crippen LogP contribution in [-0.2, 0) is 17.8 Å². The lowest BCUT2D eigenvalue weighted by Crippen LogP contribution is -2.38. The predicted molar refractivity (Wildman–Crippen MR) is 112 cm³/mol. The van der Waals surface area contributed by atoms with Crippen LogP contribution in [0, 0.1) is 11.7 Å². The summed E-state index contributed by atoms with van der Waals surface area (Å²) in [6, 6.07) is 16.5. The molecule has 7 heteroatoms. The highest BCUT2D eigenvalue weighted by Gasteiger charge is 2.22. The van der Waals surface area contributed by atoms with E-state index < -0.39 is 0 Å². The average molecular weight is 407 g/mol. The highest BCUT2D eigenvalue weighted by molar-refractivity contribution is 5.76. The number of aryl methyl sites for hydroxylation is 1. The van der Waals surface area contributed by atoms with Gasteiger partial charge in [-0.3, -0.25) is 4.79 Å². The molecule has 6 nitrogen and oxygen atoms in total. The van der Waals surface area contributed by atoms with Crippen molar-refractivity contribution in [2.24, 2.45) is 5.92 Å². The molecule has 30 heavy (non-hydrogen) atoms. The van der Waals surface area contributed by atoms with Crippen LogP contribution in [0.2, 0.25) is 0 Å². The van der Waals surface area contributed by atoms with Gasteiger partial charge in [-0.25, -0.2) is 4.39 Å². The first kappa shape index (κ1) is 20.2. The molecular formula is C23H26FN5O. The number of amides is 1. The van der Waals surface area contributed by atoms with E-state index in [2.05, 4.69) is 15.4 Å². The number of piperidine rings is 1. The van der Waals surface area contributed by atoms with Crippen molar-refractivity contribution in [2.75, 3.05) is 13.1 Å². The zero-order valence-electron chi connectivity index (χ0n) is 17.0. The predicted octanol–water partition coefficient (Wildman–Crippen LogP) is 3.74. The van der Waals surface area contributed by atoms with Gasteiger partial charge in [0.2, 0.25) is 11.7 Å². The molecule has 1 fully saturated rings. The van der Waals surface area contributed by atoms with Crippen molar-refractivity contribution in [2.45, 2.75) is 38.6 Å². The Morgan fingerprint density at radius 2 is 1.87 bits per heavy atom. The Balaban J connectivity index is 1.19. The molecule has 0 N–H and O–H groups in total. The van der Waals surface area contributed by atoms with Crippen molar-refractivity contribution in [1.82, 2.24) is 25.1 Å². The minimum atomic E-state index is -0.183. The third kappa shape index (κ3) is 5.28. The number of aromatic nitrogens is 4. The van der Waals surface area contributed by atoms with Crippen LogP contribution < -0.4 is 0 Å². The number of nitrogens with zero attached hydrogens (tertiary/aromatic N) is 5. The van der Waals surface area contributed by atoms with E-state index in [4.69, 9.17) is 0 Å². The quantitative estimate of drug-likeness (QED) is 0.599. The van der Waals surface area contributed by atoms with E-state index in [1.807, 2.05) is 41.3 Å². The Morgan fingerprint density at radius 1 is 1.07 bits per heavy atom. The van der Waals surface area contributed by atoms with Crippen molar-refractivity contribution in [3.8, 4) is 11.4 Å². The minimum Gasteiger partial charge on any atom is -0.343 e. The SMILES string of the molecule is O=C(CCCn1nnc(-c2ccccc2)n1)N1CCC(Cc2cccc(F)c2)CC1. The maximum absolute atomic E-state index is 13.4. The summed E-state index contributed by atoms with van der Waals surface area (Å²) in [5.41, 5.74) is 1.97. The van der Waals surface area contributed by atoms with E-state index in [0.29, 0.717) is 31.1 Å². The third-order valence-corrected chi connectivity index (χ3v) is 5.61. The molecule has 156 valence electrons. The fraction of sp³-hybridized carbons (Fsp3) is 0.391. The van der Waals surface area contributed by atoms with Crippen LogP contribution in [0.25, 0.3) is 11.4 Å². The Bertz CT molecular complexity index is 966. The zero-order chi connectivity index (χ0) is 20.8. The summed E-state index contributed by atoms with van der Waals surface area (Å²) in [5, 5.41) is 12.6. The van der Waals surface area contributed by atoms with Crippen LogP contribution in [0.4, 0.5) is 4.39 Å². The number of rotatable bonds is 7. The Kier molecular flexibility index (Phi) is 6.47. The van der Waals surface area contributed by atoms with Gasteiger partial charge in [-0.15, -0.1) is 10.2 Å². The van der Waals surface area contributed by atoms with Crippen LogP contribution in [0.15, 0.2) is 54.6 Å². The van der Waals surface area contributed by atoms with Crippen molar-refractivity contribution in [3.63, 3.8) is 0 Å². The smallest absolute Gasteiger partial charge is 0.222 e. The molecule has 0 saturated carbocycles. The largest absolute Gasteiger partial charge is 0.343 e. The second-order valence-electron chi connectivity index (χ2n) is 7.84. The summed E-state index contributed by atoms with van der Waals surface area (Å²) in [4.78, 5) is 16.0. The second-order valence-corrected chi connectivity index (χ2v) is 7.84. The monoisotopic (exact) mass is 407 g/mol. The van der Waals surface area contributed by atoms with Gasteiger partial charge in [0.1, 0.15) is 5.82 Å². The van der Waals surface area contributed by atoms with E-state index in [0.717, 1.165) is 43.5 Å². The van der Waals surface area contributed by atoms with E-state index >= 15 is 0 Å². The molecule has 2 heterocycles. The second kappa shape index (κ2) is 9.61. The van der Waals surface area contributed by atoms with E-state index in [9.17, 15) is 9.18 Å². The number of hydrogen-bond donors (Lipinski definition) is 0. The van der Waals surface area contributed by atoms with Crippen molar-refractivity contribution >= 4 is 5.91 Å². The molecule has 1 amide bonds. The third-order valence-electron chi connectivity index (χ3n) is 5.61. The fourth-order valence-corrected chi connectivity index (χ4v) is 3.95. The van der Waals surface area contributed by atoms with Gasteiger partial charge in [-0.05, 0) is 54.5 Å². The van der Waals surface area contributed by atoms with Crippen molar-refractivity contribution in [1.29, 1.82) is 0 Å². The number of carbonyl (C=O) groups is 1. The average Bonchev–Trinajstić information content (AvgIpc) is 3.24. The van der Waals surface area contributed by atoms with Crippen LogP contribution in [0.3, 0.4) is 0 Å². The molecule has 1 saturated heterocycles. The number of benzene rings is 2. The highest BCUT2D eigenvalue weighted by atomic mass is 19.1. The zero-order valence-corrected chi connectivity index (χ0v) is 17.0. The topological polar surface area (TPSA) is 63.9 Å². The number of halogens is 1. The summed E-state index contributed by atoms with van der Waals surface area (Å²) in [6.07, 6.45) is 3.98. The molecule has 1 aliphatic heterocycles. The Morgan fingerprint density at radius 3 is 2.63 bits per heavy atom. The van der Waals surface area contributed by atoms with E-state index in [1.165, 1.54) is 6.07 Å². The lowest BCUT2D eigenvalue weighted by Gasteiger charge is -2.32. The lowest BCUT2D eigenvalue weighted by molar-refractivity contribution is -0.132. The summed E-state index contributed by atoms with van der Waals surface area (Å²) in [6.45, 7) is 2.12. The van der Waals surface area contributed by atoms with Gasteiger partial charge < -0.3 is 4.90 Å². The standard InChI is InChI=1S/C23H26FN5O/c24-21-9-4-6-19(17-21)16-18-11-14-28(15-12-18)22(30)10-5-13-29-26-23(25-27-29)20-7-2-1-3-8-20/h1-4,6-9,17-18H,5,10-16H2. The number of likely N-dealkylation sites (tertiary alicyclic amines) is 1. The lowest BCUT2D eigenvalue weighted by atomic mass is 9.90.